The van der Waals surface area contributed by atoms with Crippen LogP contribution in [0.25, 0.3) is 0 Å². The number of guanidine groups is 1. The number of aliphatic imine (C=N–C) groups is 1. The van der Waals surface area contributed by atoms with Gasteiger partial charge in [0.1, 0.15) is 0 Å². The molecule has 1 aromatic carbocycles. The third-order valence-corrected chi connectivity index (χ3v) is 3.12. The SMILES string of the molecule is CCCNC(=NC)NCC(=O)N(CC)Cc1ccccc1. The number of likely N-dealkylation sites (N-methyl/N-ethyl adjacent to an activating group) is 1. The van der Waals surface area contributed by atoms with E-state index in [0.717, 1.165) is 18.5 Å². The largest absolute Gasteiger partial charge is 0.356 e. The van der Waals surface area contributed by atoms with Gasteiger partial charge in [0.2, 0.25) is 5.91 Å². The van der Waals surface area contributed by atoms with E-state index in [2.05, 4.69) is 22.5 Å². The third kappa shape index (κ3) is 6.29. The van der Waals surface area contributed by atoms with Gasteiger partial charge in [-0.3, -0.25) is 9.79 Å². The zero-order chi connectivity index (χ0) is 15.5. The Morgan fingerprint density at radius 1 is 1.19 bits per heavy atom. The monoisotopic (exact) mass is 290 g/mol. The fourth-order valence-corrected chi connectivity index (χ4v) is 1.92. The predicted octanol–water partition coefficient (Wildman–Crippen LogP) is 1.61. The first kappa shape index (κ1) is 17.0. The highest BCUT2D eigenvalue weighted by molar-refractivity contribution is 5.86. The number of amides is 1. The minimum absolute atomic E-state index is 0.0702. The van der Waals surface area contributed by atoms with Gasteiger partial charge in [-0.25, -0.2) is 0 Å². The molecule has 0 fully saturated rings. The van der Waals surface area contributed by atoms with Crippen LogP contribution in [0.5, 0.6) is 0 Å². The van der Waals surface area contributed by atoms with Crippen LogP contribution in [-0.4, -0.2) is 43.4 Å². The number of hydrogen-bond acceptors (Lipinski definition) is 2. The van der Waals surface area contributed by atoms with Gasteiger partial charge >= 0.3 is 0 Å². The maximum atomic E-state index is 12.3. The van der Waals surface area contributed by atoms with E-state index in [1.807, 2.05) is 42.2 Å². The van der Waals surface area contributed by atoms with Crippen molar-refractivity contribution in [3.05, 3.63) is 35.9 Å². The summed E-state index contributed by atoms with van der Waals surface area (Å²) in [7, 11) is 1.71. The van der Waals surface area contributed by atoms with Crippen molar-refractivity contribution in [3.8, 4) is 0 Å². The van der Waals surface area contributed by atoms with Gasteiger partial charge in [-0.1, -0.05) is 37.3 Å². The minimum atomic E-state index is 0.0702. The molecule has 5 nitrogen and oxygen atoms in total. The van der Waals surface area contributed by atoms with Gasteiger partial charge in [-0.15, -0.1) is 0 Å². The van der Waals surface area contributed by atoms with Crippen molar-refractivity contribution in [1.82, 2.24) is 15.5 Å². The highest BCUT2D eigenvalue weighted by atomic mass is 16.2. The number of nitrogens with one attached hydrogen (secondary N) is 2. The average Bonchev–Trinajstić information content (AvgIpc) is 2.53. The molecule has 0 spiro atoms. The molecule has 5 heteroatoms. The second-order valence-corrected chi connectivity index (χ2v) is 4.75. The van der Waals surface area contributed by atoms with Crippen LogP contribution in [0, 0.1) is 0 Å². The van der Waals surface area contributed by atoms with E-state index in [-0.39, 0.29) is 12.5 Å². The number of hydrogen-bond donors (Lipinski definition) is 2. The molecule has 0 aliphatic heterocycles. The first-order valence-electron chi connectivity index (χ1n) is 7.47. The van der Waals surface area contributed by atoms with Crippen LogP contribution in [0.3, 0.4) is 0 Å². The fourth-order valence-electron chi connectivity index (χ4n) is 1.92. The Bertz CT molecular complexity index is 445. The van der Waals surface area contributed by atoms with E-state index in [1.54, 1.807) is 7.05 Å². The zero-order valence-electron chi connectivity index (χ0n) is 13.2. The van der Waals surface area contributed by atoms with Crippen LogP contribution in [0.15, 0.2) is 35.3 Å². The summed E-state index contributed by atoms with van der Waals surface area (Å²) in [6.07, 6.45) is 1.02. The first-order chi connectivity index (χ1) is 10.2. The van der Waals surface area contributed by atoms with Crippen LogP contribution >= 0.6 is 0 Å². The Morgan fingerprint density at radius 2 is 1.90 bits per heavy atom. The maximum absolute atomic E-state index is 12.3. The Morgan fingerprint density at radius 3 is 2.48 bits per heavy atom. The van der Waals surface area contributed by atoms with E-state index in [9.17, 15) is 4.79 Å². The van der Waals surface area contributed by atoms with Gasteiger partial charge in [0, 0.05) is 26.7 Å². The molecular weight excluding hydrogens is 264 g/mol. The first-order valence-corrected chi connectivity index (χ1v) is 7.47. The minimum Gasteiger partial charge on any atom is -0.356 e. The Kier molecular flexibility index (Phi) is 7.94. The van der Waals surface area contributed by atoms with E-state index in [4.69, 9.17) is 0 Å². The molecule has 1 amide bonds. The van der Waals surface area contributed by atoms with E-state index in [0.29, 0.717) is 19.0 Å². The lowest BCUT2D eigenvalue weighted by Gasteiger charge is -2.22. The Hall–Kier alpha value is -2.04. The number of carbonyl (C=O) groups is 1. The lowest BCUT2D eigenvalue weighted by molar-refractivity contribution is -0.130. The molecule has 0 radical (unpaired) electrons. The van der Waals surface area contributed by atoms with Crippen molar-refractivity contribution in [2.75, 3.05) is 26.7 Å². The summed E-state index contributed by atoms with van der Waals surface area (Å²) in [5, 5.41) is 6.20. The second kappa shape index (κ2) is 9.80. The van der Waals surface area contributed by atoms with Crippen LogP contribution in [0.1, 0.15) is 25.8 Å². The highest BCUT2D eigenvalue weighted by Crippen LogP contribution is 2.04. The van der Waals surface area contributed by atoms with Crippen LogP contribution in [-0.2, 0) is 11.3 Å². The molecule has 0 aliphatic rings. The van der Waals surface area contributed by atoms with E-state index >= 15 is 0 Å². The van der Waals surface area contributed by atoms with Crippen LogP contribution in [0.4, 0.5) is 0 Å². The van der Waals surface area contributed by atoms with Crippen LogP contribution < -0.4 is 10.6 Å². The van der Waals surface area contributed by atoms with Crippen molar-refractivity contribution in [1.29, 1.82) is 0 Å². The standard InChI is InChI=1S/C16H26N4O/c1-4-11-18-16(17-3)19-12-15(21)20(5-2)13-14-9-7-6-8-10-14/h6-10H,4-5,11-13H2,1-3H3,(H2,17,18,19). The highest BCUT2D eigenvalue weighted by Gasteiger charge is 2.12. The van der Waals surface area contributed by atoms with Gasteiger partial charge in [0.25, 0.3) is 0 Å². The van der Waals surface area contributed by atoms with Gasteiger partial charge < -0.3 is 15.5 Å². The molecule has 0 aliphatic carbocycles. The second-order valence-electron chi connectivity index (χ2n) is 4.75. The summed E-state index contributed by atoms with van der Waals surface area (Å²) in [5.74, 6) is 0.738. The van der Waals surface area contributed by atoms with Gasteiger partial charge in [-0.05, 0) is 18.9 Å². The summed E-state index contributed by atoms with van der Waals surface area (Å²) in [6.45, 7) is 6.50. The molecule has 0 heterocycles. The molecule has 0 saturated carbocycles. The van der Waals surface area contributed by atoms with Crippen molar-refractivity contribution in [2.45, 2.75) is 26.8 Å². The van der Waals surface area contributed by atoms with Gasteiger partial charge in [-0.2, -0.15) is 0 Å². The quantitative estimate of drug-likeness (QED) is 0.592. The lowest BCUT2D eigenvalue weighted by Crippen LogP contribution is -2.44. The lowest BCUT2D eigenvalue weighted by atomic mass is 10.2. The zero-order valence-corrected chi connectivity index (χ0v) is 13.2. The normalized spacial score (nSPS) is 11.1. The summed E-state index contributed by atoms with van der Waals surface area (Å²) < 4.78 is 0. The van der Waals surface area contributed by atoms with Crippen molar-refractivity contribution >= 4 is 11.9 Å². The maximum Gasteiger partial charge on any atom is 0.242 e. The van der Waals surface area contributed by atoms with E-state index in [1.165, 1.54) is 0 Å². The smallest absolute Gasteiger partial charge is 0.242 e. The predicted molar refractivity (Wildman–Crippen MR) is 87.2 cm³/mol. The third-order valence-electron chi connectivity index (χ3n) is 3.12. The summed E-state index contributed by atoms with van der Waals surface area (Å²) in [5.41, 5.74) is 1.14. The van der Waals surface area contributed by atoms with Crippen LogP contribution in [0.2, 0.25) is 0 Å². The molecular formula is C16H26N4O. The van der Waals surface area contributed by atoms with Gasteiger partial charge in [0.15, 0.2) is 5.96 Å². The average molecular weight is 290 g/mol. The summed E-state index contributed by atoms with van der Waals surface area (Å²) >= 11 is 0. The van der Waals surface area contributed by atoms with Crippen molar-refractivity contribution < 1.29 is 4.79 Å². The number of nitrogens with zero attached hydrogens (tertiary/aromatic N) is 2. The molecule has 0 bridgehead atoms. The molecule has 0 aromatic heterocycles. The van der Waals surface area contributed by atoms with E-state index < -0.39 is 0 Å². The Balaban J connectivity index is 2.48. The molecule has 21 heavy (non-hydrogen) atoms. The molecule has 2 N–H and O–H groups in total. The number of rotatable bonds is 7. The van der Waals surface area contributed by atoms with Crippen molar-refractivity contribution in [2.24, 2.45) is 4.99 Å². The number of benzene rings is 1. The van der Waals surface area contributed by atoms with Crippen molar-refractivity contribution in [3.63, 3.8) is 0 Å². The van der Waals surface area contributed by atoms with Gasteiger partial charge in [0.05, 0.1) is 6.54 Å². The molecule has 0 saturated heterocycles. The molecule has 1 aromatic rings. The summed E-state index contributed by atoms with van der Waals surface area (Å²) in [6, 6.07) is 10.0. The Labute approximate surface area is 127 Å². The molecule has 0 atom stereocenters. The molecule has 0 unspecified atom stereocenters. The topological polar surface area (TPSA) is 56.7 Å². The number of carbonyl (C=O) groups excluding carboxylic acids is 1. The molecule has 116 valence electrons. The summed E-state index contributed by atoms with van der Waals surface area (Å²) in [4.78, 5) is 18.2. The molecule has 1 rings (SSSR count). The fraction of sp³-hybridized carbons (Fsp3) is 0.500.